The molecule has 118 valence electrons. The number of esters is 1. The molecule has 0 aliphatic heterocycles. The average Bonchev–Trinajstić information content (AvgIpc) is 2.83. The van der Waals surface area contributed by atoms with Gasteiger partial charge >= 0.3 is 5.97 Å². The van der Waals surface area contributed by atoms with E-state index >= 15 is 0 Å². The first-order chi connectivity index (χ1) is 10.6. The van der Waals surface area contributed by atoms with Crippen LogP contribution >= 0.6 is 34.7 Å². The van der Waals surface area contributed by atoms with Crippen LogP contribution in [0, 0.1) is 6.92 Å². The van der Waals surface area contributed by atoms with Crippen LogP contribution in [0.4, 0.5) is 0 Å². The zero-order valence-electron chi connectivity index (χ0n) is 12.2. The maximum atomic E-state index is 12.1. The molecule has 2 heterocycles. The number of carbonyl (C=O) groups is 1. The zero-order chi connectivity index (χ0) is 16.1. The SMILES string of the molecule is C=CCSc1nc(Cl)c2c(C)c(C(=O)OCCOC)sc2n1. The fourth-order valence-electron chi connectivity index (χ4n) is 1.75. The van der Waals surface area contributed by atoms with Gasteiger partial charge in [0.25, 0.3) is 0 Å². The fourth-order valence-corrected chi connectivity index (χ4v) is 3.88. The van der Waals surface area contributed by atoms with Crippen LogP contribution in [0.5, 0.6) is 0 Å². The van der Waals surface area contributed by atoms with E-state index in [0.29, 0.717) is 37.8 Å². The van der Waals surface area contributed by atoms with E-state index in [1.165, 1.54) is 23.1 Å². The van der Waals surface area contributed by atoms with Crippen molar-refractivity contribution < 1.29 is 14.3 Å². The minimum absolute atomic E-state index is 0.211. The van der Waals surface area contributed by atoms with Crippen LogP contribution in [0.1, 0.15) is 15.2 Å². The van der Waals surface area contributed by atoms with Gasteiger partial charge < -0.3 is 9.47 Å². The molecule has 2 aromatic rings. The number of nitrogens with zero attached hydrogens (tertiary/aromatic N) is 2. The molecule has 0 amide bonds. The number of thioether (sulfide) groups is 1. The highest BCUT2D eigenvalue weighted by molar-refractivity contribution is 7.99. The molecule has 22 heavy (non-hydrogen) atoms. The molecule has 0 fully saturated rings. The summed E-state index contributed by atoms with van der Waals surface area (Å²) >= 11 is 8.94. The van der Waals surface area contributed by atoms with Gasteiger partial charge in [0, 0.05) is 12.9 Å². The number of rotatable bonds is 7. The number of hydrogen-bond acceptors (Lipinski definition) is 7. The van der Waals surface area contributed by atoms with E-state index in [0.717, 1.165) is 5.56 Å². The monoisotopic (exact) mass is 358 g/mol. The first-order valence-corrected chi connectivity index (χ1v) is 8.62. The Labute approximate surface area is 141 Å². The molecule has 0 bridgehead atoms. The highest BCUT2D eigenvalue weighted by Crippen LogP contribution is 2.35. The second-order valence-electron chi connectivity index (χ2n) is 4.26. The summed E-state index contributed by atoms with van der Waals surface area (Å²) in [6, 6.07) is 0. The molecule has 5 nitrogen and oxygen atoms in total. The van der Waals surface area contributed by atoms with Gasteiger partial charge in [-0.1, -0.05) is 29.4 Å². The third kappa shape index (κ3) is 3.78. The highest BCUT2D eigenvalue weighted by Gasteiger charge is 2.21. The molecule has 0 aliphatic carbocycles. The number of ether oxygens (including phenoxy) is 2. The van der Waals surface area contributed by atoms with Crippen molar-refractivity contribution in [3.8, 4) is 0 Å². The summed E-state index contributed by atoms with van der Waals surface area (Å²) in [5.41, 5.74) is 0.743. The van der Waals surface area contributed by atoms with Crippen LogP contribution < -0.4 is 0 Å². The molecule has 2 aromatic heterocycles. The summed E-state index contributed by atoms with van der Waals surface area (Å²) in [5, 5.41) is 1.62. The number of fused-ring (bicyclic) bond motifs is 1. The van der Waals surface area contributed by atoms with Crippen LogP contribution in [-0.2, 0) is 9.47 Å². The number of halogens is 1. The van der Waals surface area contributed by atoms with E-state index in [9.17, 15) is 4.79 Å². The van der Waals surface area contributed by atoms with Crippen molar-refractivity contribution >= 4 is 50.9 Å². The Balaban J connectivity index is 2.33. The van der Waals surface area contributed by atoms with E-state index in [4.69, 9.17) is 21.1 Å². The molecule has 0 saturated heterocycles. The maximum Gasteiger partial charge on any atom is 0.348 e. The topological polar surface area (TPSA) is 61.3 Å². The summed E-state index contributed by atoms with van der Waals surface area (Å²) in [6.45, 7) is 6.05. The molecule has 0 spiro atoms. The predicted octanol–water partition coefficient (Wildman–Crippen LogP) is 3.73. The zero-order valence-corrected chi connectivity index (χ0v) is 14.6. The van der Waals surface area contributed by atoms with Gasteiger partial charge in [-0.05, 0) is 12.5 Å². The first-order valence-electron chi connectivity index (χ1n) is 6.44. The van der Waals surface area contributed by atoms with E-state index in [1.807, 2.05) is 6.92 Å². The Kier molecular flexibility index (Phi) is 6.19. The minimum Gasteiger partial charge on any atom is -0.459 e. The number of aromatic nitrogens is 2. The third-order valence-electron chi connectivity index (χ3n) is 2.76. The second kappa shape index (κ2) is 7.92. The van der Waals surface area contributed by atoms with Gasteiger partial charge in [-0.25, -0.2) is 14.8 Å². The van der Waals surface area contributed by atoms with E-state index in [2.05, 4.69) is 16.5 Å². The molecule has 0 aliphatic rings. The second-order valence-corrected chi connectivity index (χ2v) is 6.61. The van der Waals surface area contributed by atoms with Gasteiger partial charge in [-0.15, -0.1) is 17.9 Å². The van der Waals surface area contributed by atoms with Gasteiger partial charge in [0.05, 0.1) is 12.0 Å². The van der Waals surface area contributed by atoms with E-state index in [-0.39, 0.29) is 6.61 Å². The number of methoxy groups -OCH3 is 1. The summed E-state index contributed by atoms with van der Waals surface area (Å²) in [6.07, 6.45) is 1.77. The van der Waals surface area contributed by atoms with Crippen molar-refractivity contribution in [2.24, 2.45) is 0 Å². The van der Waals surface area contributed by atoms with Crippen molar-refractivity contribution in [1.29, 1.82) is 0 Å². The summed E-state index contributed by atoms with van der Waals surface area (Å²) < 4.78 is 10.0. The third-order valence-corrected chi connectivity index (χ3v) is 5.04. The normalized spacial score (nSPS) is 10.9. The largest absolute Gasteiger partial charge is 0.459 e. The molecule has 0 N–H and O–H groups in total. The van der Waals surface area contributed by atoms with Crippen LogP contribution in [0.25, 0.3) is 10.2 Å². The lowest BCUT2D eigenvalue weighted by Crippen LogP contribution is -2.09. The van der Waals surface area contributed by atoms with Crippen LogP contribution in [0.2, 0.25) is 5.15 Å². The van der Waals surface area contributed by atoms with Crippen LogP contribution in [0.15, 0.2) is 17.8 Å². The van der Waals surface area contributed by atoms with Crippen molar-refractivity contribution in [2.45, 2.75) is 12.1 Å². The van der Waals surface area contributed by atoms with E-state index < -0.39 is 5.97 Å². The molecule has 2 rings (SSSR count). The molecular weight excluding hydrogens is 344 g/mol. The number of carbonyl (C=O) groups excluding carboxylic acids is 1. The first kappa shape index (κ1) is 17.2. The lowest BCUT2D eigenvalue weighted by atomic mass is 10.2. The Bertz CT molecular complexity index is 703. The maximum absolute atomic E-state index is 12.1. The Morgan fingerprint density at radius 2 is 2.23 bits per heavy atom. The predicted molar refractivity (Wildman–Crippen MR) is 90.2 cm³/mol. The van der Waals surface area contributed by atoms with Crippen molar-refractivity contribution in [3.05, 3.63) is 28.2 Å². The molecular formula is C14H15ClN2O3S2. The summed E-state index contributed by atoms with van der Waals surface area (Å²) in [7, 11) is 1.55. The van der Waals surface area contributed by atoms with Crippen molar-refractivity contribution in [1.82, 2.24) is 9.97 Å². The van der Waals surface area contributed by atoms with Gasteiger partial charge in [-0.2, -0.15) is 0 Å². The van der Waals surface area contributed by atoms with Gasteiger partial charge in [0.15, 0.2) is 5.16 Å². The van der Waals surface area contributed by atoms with E-state index in [1.54, 1.807) is 13.2 Å². The number of aryl methyl sites for hydroxylation is 1. The Morgan fingerprint density at radius 3 is 2.91 bits per heavy atom. The minimum atomic E-state index is -0.395. The van der Waals surface area contributed by atoms with Crippen LogP contribution in [-0.4, -0.2) is 42.0 Å². The standard InChI is InChI=1S/C14H15ClN2O3S2/c1-4-7-21-14-16-11(15)9-8(2)10(22-12(9)17-14)13(18)20-6-5-19-3/h4H,1,5-7H2,2-3H3. The number of hydrogen-bond donors (Lipinski definition) is 0. The van der Waals surface area contributed by atoms with Gasteiger partial charge in [-0.3, -0.25) is 0 Å². The highest BCUT2D eigenvalue weighted by atomic mass is 35.5. The van der Waals surface area contributed by atoms with Gasteiger partial charge in [0.2, 0.25) is 0 Å². The molecule has 8 heteroatoms. The van der Waals surface area contributed by atoms with Crippen molar-refractivity contribution in [2.75, 3.05) is 26.1 Å². The molecule has 0 atom stereocenters. The quantitative estimate of drug-likeness (QED) is 0.188. The summed E-state index contributed by atoms with van der Waals surface area (Å²) in [5.74, 6) is 0.298. The Hall–Kier alpha value is -1.15. The number of thiophene rings is 1. The lowest BCUT2D eigenvalue weighted by molar-refractivity contribution is 0.0393. The molecule has 0 saturated carbocycles. The smallest absolute Gasteiger partial charge is 0.348 e. The molecule has 0 radical (unpaired) electrons. The molecule has 0 unspecified atom stereocenters. The van der Waals surface area contributed by atoms with Crippen LogP contribution in [0.3, 0.4) is 0 Å². The lowest BCUT2D eigenvalue weighted by Gasteiger charge is -2.02. The summed E-state index contributed by atoms with van der Waals surface area (Å²) in [4.78, 5) is 22.0. The van der Waals surface area contributed by atoms with Crippen molar-refractivity contribution in [3.63, 3.8) is 0 Å². The average molecular weight is 359 g/mol. The molecule has 0 aromatic carbocycles. The fraction of sp³-hybridized carbons (Fsp3) is 0.357. The van der Waals surface area contributed by atoms with Gasteiger partial charge in [0.1, 0.15) is 21.5 Å². The Morgan fingerprint density at radius 1 is 1.45 bits per heavy atom.